The van der Waals surface area contributed by atoms with E-state index in [-0.39, 0.29) is 17.1 Å². The van der Waals surface area contributed by atoms with E-state index in [9.17, 15) is 0 Å². The van der Waals surface area contributed by atoms with Crippen LogP contribution in [-0.4, -0.2) is 11.8 Å². The number of hydrazone groups is 1. The van der Waals surface area contributed by atoms with Crippen molar-refractivity contribution in [3.8, 4) is 0 Å². The number of nitrogens with one attached hydrogen (secondary N) is 1. The van der Waals surface area contributed by atoms with Crippen molar-refractivity contribution in [3.05, 3.63) is 98.1 Å². The molecule has 4 aliphatic rings. The van der Waals surface area contributed by atoms with Crippen molar-refractivity contribution in [1.82, 2.24) is 5.43 Å². The smallest absolute Gasteiger partial charge is 0.305 e. The van der Waals surface area contributed by atoms with Gasteiger partial charge in [-0.1, -0.05) is 11.6 Å². The topological polar surface area (TPSA) is 24.4 Å². The SMILES string of the molecule is Cc1cc(C)c2c(c1)C1=NNC([C]3[CH][CH][CH][CH]3)C1CC2.[CH]1[CH][CH][CH][CH]1.[Fe+2]. The first kappa shape index (κ1) is 20.0. The zero-order valence-corrected chi connectivity index (χ0v) is 16.3. The molecule has 2 unspecified atom stereocenters. The molecule has 5 rings (SSSR count). The second kappa shape index (κ2) is 8.93. The molecule has 0 spiro atoms. The second-order valence-electron chi connectivity index (χ2n) is 7.04. The number of aryl methyl sites for hydroxylation is 2. The summed E-state index contributed by atoms with van der Waals surface area (Å²) in [6.07, 6.45) is 21.0. The van der Waals surface area contributed by atoms with Crippen LogP contribution in [0.3, 0.4) is 0 Å². The van der Waals surface area contributed by atoms with Gasteiger partial charge in [-0.25, -0.2) is 0 Å². The van der Waals surface area contributed by atoms with Crippen LogP contribution in [0.1, 0.15) is 28.7 Å². The molecule has 2 saturated carbocycles. The van der Waals surface area contributed by atoms with E-state index in [1.54, 1.807) is 0 Å². The van der Waals surface area contributed by atoms with Gasteiger partial charge < -0.3 is 5.43 Å². The quantitative estimate of drug-likeness (QED) is 0.729. The average Bonchev–Trinajstić information content (AvgIpc) is 3.36. The summed E-state index contributed by atoms with van der Waals surface area (Å²) in [5.74, 6) is 1.88. The van der Waals surface area contributed by atoms with Crippen LogP contribution in [0.4, 0.5) is 0 Å². The number of hydrogen-bond donors (Lipinski definition) is 1. The Labute approximate surface area is 170 Å². The van der Waals surface area contributed by atoms with E-state index in [1.165, 1.54) is 46.7 Å². The molecule has 3 aliphatic carbocycles. The number of rotatable bonds is 1. The van der Waals surface area contributed by atoms with Gasteiger partial charge in [0.2, 0.25) is 0 Å². The molecule has 132 valence electrons. The zero-order chi connectivity index (χ0) is 17.2. The van der Waals surface area contributed by atoms with Gasteiger partial charge in [-0.05, 0) is 102 Å². The molecule has 0 amide bonds. The van der Waals surface area contributed by atoms with Gasteiger partial charge in [-0.2, -0.15) is 5.10 Å². The Morgan fingerprint density at radius 2 is 1.58 bits per heavy atom. The van der Waals surface area contributed by atoms with Crippen molar-refractivity contribution in [2.75, 3.05) is 0 Å². The molecule has 2 atom stereocenters. The maximum atomic E-state index is 4.69. The van der Waals surface area contributed by atoms with Gasteiger partial charge in [-0.3, -0.25) is 0 Å². The third kappa shape index (κ3) is 4.04. The van der Waals surface area contributed by atoms with E-state index in [4.69, 9.17) is 0 Å². The van der Waals surface area contributed by atoms with Crippen LogP contribution in [-0.2, 0) is 23.5 Å². The molecule has 2 nitrogen and oxygen atoms in total. The molecule has 1 N–H and O–H groups in total. The molecule has 1 heterocycles. The van der Waals surface area contributed by atoms with Gasteiger partial charge in [0.15, 0.2) is 0 Å². The first-order valence-electron chi connectivity index (χ1n) is 9.06. The van der Waals surface area contributed by atoms with Gasteiger partial charge >= 0.3 is 17.1 Å². The fraction of sp³-hybridized carbons (Fsp3) is 0.261. The monoisotopic (exact) mass is 384 g/mol. The van der Waals surface area contributed by atoms with Crippen LogP contribution in [0.2, 0.25) is 0 Å². The summed E-state index contributed by atoms with van der Waals surface area (Å²) in [6, 6.07) is 4.95. The van der Waals surface area contributed by atoms with Crippen LogP contribution in [0.5, 0.6) is 0 Å². The second-order valence-corrected chi connectivity index (χ2v) is 7.04. The number of fused-ring (bicyclic) bond motifs is 3. The number of nitrogens with zero attached hydrogens (tertiary/aromatic N) is 1. The summed E-state index contributed by atoms with van der Waals surface area (Å²) in [5.41, 5.74) is 10.3. The summed E-state index contributed by atoms with van der Waals surface area (Å²) < 4.78 is 0. The molecule has 10 radical (unpaired) electrons. The first-order chi connectivity index (χ1) is 12.2. The minimum absolute atomic E-state index is 0. The van der Waals surface area contributed by atoms with E-state index in [0.29, 0.717) is 12.0 Å². The zero-order valence-electron chi connectivity index (χ0n) is 15.2. The minimum Gasteiger partial charge on any atom is -0.305 e. The van der Waals surface area contributed by atoms with Crippen molar-refractivity contribution in [3.63, 3.8) is 0 Å². The Kier molecular flexibility index (Phi) is 6.86. The Morgan fingerprint density at radius 3 is 2.23 bits per heavy atom. The van der Waals surface area contributed by atoms with Gasteiger partial charge in [0, 0.05) is 17.4 Å². The summed E-state index contributed by atoms with van der Waals surface area (Å²) >= 11 is 0. The maximum Gasteiger partial charge on any atom is 2.00 e. The molecular weight excluding hydrogens is 360 g/mol. The van der Waals surface area contributed by atoms with Gasteiger partial charge in [0.05, 0.1) is 11.8 Å². The first-order valence-corrected chi connectivity index (χ1v) is 9.06. The summed E-state index contributed by atoms with van der Waals surface area (Å²) in [4.78, 5) is 0. The predicted molar refractivity (Wildman–Crippen MR) is 103 cm³/mol. The van der Waals surface area contributed by atoms with Crippen LogP contribution < -0.4 is 5.43 Å². The van der Waals surface area contributed by atoms with Gasteiger partial charge in [0.1, 0.15) is 0 Å². The van der Waals surface area contributed by atoms with E-state index < -0.39 is 0 Å². The van der Waals surface area contributed by atoms with Crippen molar-refractivity contribution >= 4 is 5.71 Å². The third-order valence-electron chi connectivity index (χ3n) is 5.28. The molecule has 0 bridgehead atoms. The molecular formula is C23H24FeN2+2. The minimum atomic E-state index is 0. The van der Waals surface area contributed by atoms with Crippen molar-refractivity contribution in [2.24, 2.45) is 11.0 Å². The fourth-order valence-corrected chi connectivity index (χ4v) is 4.11. The standard InChI is InChI=1S/C18H19N2.C5H5.Fe/c1-11-9-12(2)14-7-8-15-17(13-5-3-4-6-13)19-20-18(15)16(14)10-11;1-2-4-5-3-1;/h3-6,9-10,15,17,19H,7-8H2,1-2H3;1-5H;/q;;+2. The molecule has 1 aromatic rings. The average molecular weight is 384 g/mol. The van der Waals surface area contributed by atoms with Crippen molar-refractivity contribution < 1.29 is 17.1 Å². The van der Waals surface area contributed by atoms with Crippen LogP contribution >= 0.6 is 0 Å². The Hall–Kier alpha value is -0.791. The van der Waals surface area contributed by atoms with E-state index in [2.05, 4.69) is 62.2 Å². The normalized spacial score (nSPS) is 26.8. The van der Waals surface area contributed by atoms with Crippen LogP contribution in [0, 0.1) is 83.5 Å². The third-order valence-corrected chi connectivity index (χ3v) is 5.28. The summed E-state index contributed by atoms with van der Waals surface area (Å²) in [5, 5.41) is 4.69. The molecule has 0 saturated heterocycles. The van der Waals surface area contributed by atoms with E-state index in [1.807, 2.05) is 32.1 Å². The Bertz CT molecular complexity index is 634. The number of benzene rings is 1. The largest absolute Gasteiger partial charge is 2.00 e. The van der Waals surface area contributed by atoms with Gasteiger partial charge in [-0.15, -0.1) is 0 Å². The fourth-order valence-electron chi connectivity index (χ4n) is 4.11. The van der Waals surface area contributed by atoms with Gasteiger partial charge in [0.25, 0.3) is 0 Å². The summed E-state index contributed by atoms with van der Waals surface area (Å²) in [6.45, 7) is 4.40. The molecule has 3 heteroatoms. The predicted octanol–water partition coefficient (Wildman–Crippen LogP) is 3.97. The van der Waals surface area contributed by atoms with E-state index >= 15 is 0 Å². The molecule has 0 aromatic heterocycles. The van der Waals surface area contributed by atoms with Crippen molar-refractivity contribution in [2.45, 2.75) is 32.7 Å². The van der Waals surface area contributed by atoms with Crippen molar-refractivity contribution in [1.29, 1.82) is 0 Å². The molecule has 26 heavy (non-hydrogen) atoms. The van der Waals surface area contributed by atoms with Crippen LogP contribution in [0.15, 0.2) is 17.2 Å². The van der Waals surface area contributed by atoms with Crippen LogP contribution in [0.25, 0.3) is 0 Å². The Morgan fingerprint density at radius 1 is 0.923 bits per heavy atom. The molecule has 2 fully saturated rings. The summed E-state index contributed by atoms with van der Waals surface area (Å²) in [7, 11) is 0. The Balaban J connectivity index is 0.000000285. The molecule has 1 aromatic carbocycles. The molecule has 1 aliphatic heterocycles. The van der Waals surface area contributed by atoms with E-state index in [0.717, 1.165) is 0 Å². The maximum absolute atomic E-state index is 4.69. The number of hydrogen-bond acceptors (Lipinski definition) is 2.